The summed E-state index contributed by atoms with van der Waals surface area (Å²) in [4.78, 5) is 41.1. The molecule has 0 aromatic carbocycles. The Kier molecular flexibility index (Phi) is 4.71. The second kappa shape index (κ2) is 6.52. The first-order valence-electron chi connectivity index (χ1n) is 6.53. The number of nitrogen functional groups attached to an aromatic ring is 1. The van der Waals surface area contributed by atoms with Crippen LogP contribution in [0.15, 0.2) is 11.1 Å². The molecule has 0 radical (unpaired) electrons. The van der Waals surface area contributed by atoms with Crippen LogP contribution in [0.3, 0.4) is 0 Å². The third-order valence-electron chi connectivity index (χ3n) is 3.00. The van der Waals surface area contributed by atoms with Gasteiger partial charge in [0.1, 0.15) is 31.4 Å². The fourth-order valence-corrected chi connectivity index (χ4v) is 2.11. The first-order chi connectivity index (χ1) is 10.4. The van der Waals surface area contributed by atoms with E-state index in [1.165, 1.54) is 20.2 Å². The van der Waals surface area contributed by atoms with Gasteiger partial charge in [-0.05, 0) is 0 Å². The lowest BCUT2D eigenvalue weighted by Gasteiger charge is -2.17. The third kappa shape index (κ3) is 3.79. The predicted octanol–water partition coefficient (Wildman–Crippen LogP) is -0.997. The molecule has 0 saturated carbocycles. The maximum atomic E-state index is 11.8. The minimum Gasteiger partial charge on any atom is -0.463 e. The molecule has 0 amide bonds. The Hall–Kier alpha value is -2.49. The van der Waals surface area contributed by atoms with E-state index in [0.29, 0.717) is 0 Å². The Balaban J connectivity index is 2.15. The molecule has 120 valence electrons. The summed E-state index contributed by atoms with van der Waals surface area (Å²) in [6.45, 7) is 2.43. The van der Waals surface area contributed by atoms with Gasteiger partial charge in [-0.25, -0.2) is 9.78 Å². The van der Waals surface area contributed by atoms with Gasteiger partial charge in [0.05, 0.1) is 0 Å². The number of anilines is 1. The minimum atomic E-state index is -0.738. The maximum Gasteiger partial charge on any atom is 0.354 e. The minimum absolute atomic E-state index is 0.0889. The van der Waals surface area contributed by atoms with Gasteiger partial charge in [0.25, 0.3) is 0 Å². The molecular weight excluding hydrogens is 296 g/mol. The predicted molar refractivity (Wildman–Crippen MR) is 71.4 cm³/mol. The highest BCUT2D eigenvalue weighted by Gasteiger charge is 2.39. The van der Waals surface area contributed by atoms with E-state index in [0.717, 1.165) is 4.57 Å². The summed E-state index contributed by atoms with van der Waals surface area (Å²) in [7, 11) is 0. The van der Waals surface area contributed by atoms with Gasteiger partial charge in [0.2, 0.25) is 5.95 Å². The lowest BCUT2D eigenvalue weighted by Crippen LogP contribution is -2.31. The van der Waals surface area contributed by atoms with Crippen LogP contribution in [0.2, 0.25) is 0 Å². The van der Waals surface area contributed by atoms with Crippen LogP contribution in [0.25, 0.3) is 0 Å². The SMILES string of the molecule is CC(=O)OC[C@H]1O[C@H](n2cnc(N)nc2=O)C[C@@H]1OC(C)=O. The average molecular weight is 312 g/mol. The van der Waals surface area contributed by atoms with Crippen LogP contribution in [0.5, 0.6) is 0 Å². The Bertz CT molecular complexity index is 630. The Morgan fingerprint density at radius 3 is 2.77 bits per heavy atom. The highest BCUT2D eigenvalue weighted by Crippen LogP contribution is 2.30. The van der Waals surface area contributed by atoms with Crippen LogP contribution in [0, 0.1) is 0 Å². The monoisotopic (exact) mass is 312 g/mol. The molecule has 1 saturated heterocycles. The summed E-state index contributed by atoms with van der Waals surface area (Å²) in [5.74, 6) is -1.13. The number of carbonyl (C=O) groups is 2. The van der Waals surface area contributed by atoms with Gasteiger partial charge in [-0.3, -0.25) is 14.2 Å². The Morgan fingerprint density at radius 2 is 2.18 bits per heavy atom. The zero-order valence-electron chi connectivity index (χ0n) is 12.1. The molecule has 0 unspecified atom stereocenters. The fourth-order valence-electron chi connectivity index (χ4n) is 2.11. The van der Waals surface area contributed by atoms with Crippen LogP contribution in [0.1, 0.15) is 26.5 Å². The number of ether oxygens (including phenoxy) is 3. The van der Waals surface area contributed by atoms with Crippen LogP contribution in [-0.2, 0) is 23.8 Å². The van der Waals surface area contributed by atoms with Crippen LogP contribution < -0.4 is 11.4 Å². The van der Waals surface area contributed by atoms with Crippen molar-refractivity contribution in [2.45, 2.75) is 38.7 Å². The van der Waals surface area contributed by atoms with Crippen LogP contribution >= 0.6 is 0 Å². The van der Waals surface area contributed by atoms with Gasteiger partial charge in [-0.2, -0.15) is 4.98 Å². The van der Waals surface area contributed by atoms with Crippen molar-refractivity contribution in [3.05, 3.63) is 16.8 Å². The standard InChI is InChI=1S/C12H16N4O6/c1-6(17)20-4-9-8(21-7(2)18)3-10(22-9)16-5-14-11(13)15-12(16)19/h5,8-10H,3-4H2,1-2H3,(H2,13,15,19)/t8-,9+,10-/m0/s1. The van der Waals surface area contributed by atoms with Crippen molar-refractivity contribution in [1.29, 1.82) is 0 Å². The zero-order chi connectivity index (χ0) is 16.3. The first kappa shape index (κ1) is 15.9. The van der Waals surface area contributed by atoms with Crippen molar-refractivity contribution >= 4 is 17.9 Å². The van der Waals surface area contributed by atoms with Gasteiger partial charge < -0.3 is 19.9 Å². The highest BCUT2D eigenvalue weighted by molar-refractivity contribution is 5.66. The van der Waals surface area contributed by atoms with Crippen molar-refractivity contribution in [2.24, 2.45) is 0 Å². The zero-order valence-corrected chi connectivity index (χ0v) is 12.1. The van der Waals surface area contributed by atoms with E-state index in [4.69, 9.17) is 19.9 Å². The van der Waals surface area contributed by atoms with Crippen LogP contribution in [-0.4, -0.2) is 45.3 Å². The summed E-state index contributed by atoms with van der Waals surface area (Å²) in [6.07, 6.45) is -0.654. The second-order valence-electron chi connectivity index (χ2n) is 4.72. The second-order valence-corrected chi connectivity index (χ2v) is 4.72. The van der Waals surface area contributed by atoms with Gasteiger partial charge in [0.15, 0.2) is 0 Å². The number of rotatable bonds is 4. The number of esters is 2. The van der Waals surface area contributed by atoms with E-state index in [2.05, 4.69) is 9.97 Å². The number of nitrogens with two attached hydrogens (primary N) is 1. The molecule has 2 rings (SSSR count). The highest BCUT2D eigenvalue weighted by atomic mass is 16.6. The molecule has 2 N–H and O–H groups in total. The van der Waals surface area contributed by atoms with E-state index in [-0.39, 0.29) is 19.0 Å². The first-order valence-corrected chi connectivity index (χ1v) is 6.53. The number of hydrogen-bond acceptors (Lipinski definition) is 9. The molecule has 10 heteroatoms. The van der Waals surface area contributed by atoms with E-state index < -0.39 is 36.1 Å². The summed E-state index contributed by atoms with van der Waals surface area (Å²) in [5, 5.41) is 0. The Labute approximate surface area is 125 Å². The van der Waals surface area contributed by atoms with E-state index in [1.54, 1.807) is 0 Å². The van der Waals surface area contributed by atoms with Crippen molar-refractivity contribution in [3.8, 4) is 0 Å². The lowest BCUT2D eigenvalue weighted by atomic mass is 10.2. The number of hydrogen-bond donors (Lipinski definition) is 1. The smallest absolute Gasteiger partial charge is 0.354 e. The molecule has 1 aliphatic rings. The molecule has 1 aromatic heterocycles. The van der Waals surface area contributed by atoms with Gasteiger partial charge in [-0.15, -0.1) is 0 Å². The summed E-state index contributed by atoms with van der Waals surface area (Å²) < 4.78 is 16.8. The summed E-state index contributed by atoms with van der Waals surface area (Å²) in [5.41, 5.74) is 4.69. The molecular formula is C12H16N4O6. The molecule has 0 spiro atoms. The number of carbonyl (C=O) groups excluding carboxylic acids is 2. The lowest BCUT2D eigenvalue weighted by molar-refractivity contribution is -0.155. The average Bonchev–Trinajstić information content (AvgIpc) is 2.78. The van der Waals surface area contributed by atoms with Gasteiger partial charge in [-0.1, -0.05) is 0 Å². The molecule has 1 aromatic rings. The van der Waals surface area contributed by atoms with E-state index in [9.17, 15) is 14.4 Å². The third-order valence-corrected chi connectivity index (χ3v) is 3.00. The summed E-state index contributed by atoms with van der Waals surface area (Å²) in [6, 6.07) is 0. The van der Waals surface area contributed by atoms with Gasteiger partial charge >= 0.3 is 17.6 Å². The molecule has 2 heterocycles. The van der Waals surface area contributed by atoms with Crippen molar-refractivity contribution in [1.82, 2.24) is 14.5 Å². The quantitative estimate of drug-likeness (QED) is 0.694. The summed E-state index contributed by atoms with van der Waals surface area (Å²) >= 11 is 0. The van der Waals surface area contributed by atoms with Crippen LogP contribution in [0.4, 0.5) is 5.95 Å². The van der Waals surface area contributed by atoms with Crippen molar-refractivity contribution < 1.29 is 23.8 Å². The van der Waals surface area contributed by atoms with Crippen molar-refractivity contribution in [2.75, 3.05) is 12.3 Å². The molecule has 0 bridgehead atoms. The Morgan fingerprint density at radius 1 is 1.45 bits per heavy atom. The number of nitrogens with zero attached hydrogens (tertiary/aromatic N) is 3. The molecule has 1 fully saturated rings. The fraction of sp³-hybridized carbons (Fsp3) is 0.583. The van der Waals surface area contributed by atoms with Gasteiger partial charge in [0, 0.05) is 20.3 Å². The van der Waals surface area contributed by atoms with E-state index >= 15 is 0 Å². The molecule has 0 aliphatic carbocycles. The molecule has 22 heavy (non-hydrogen) atoms. The van der Waals surface area contributed by atoms with E-state index in [1.807, 2.05) is 0 Å². The number of aromatic nitrogens is 3. The molecule has 1 aliphatic heterocycles. The molecule has 10 nitrogen and oxygen atoms in total. The van der Waals surface area contributed by atoms with Crippen molar-refractivity contribution in [3.63, 3.8) is 0 Å². The topological polar surface area (TPSA) is 136 Å². The largest absolute Gasteiger partial charge is 0.463 e. The molecule has 3 atom stereocenters. The maximum absolute atomic E-state index is 11.8. The normalized spacial score (nSPS) is 24.0.